The van der Waals surface area contributed by atoms with E-state index in [-0.39, 0.29) is 35.5 Å². The molecule has 4 amide bonds. The number of halogens is 2. The Hall–Kier alpha value is -4.54. The number of nitrogens with one attached hydrogen (secondary N) is 2. The minimum atomic E-state index is -1.39. The van der Waals surface area contributed by atoms with Gasteiger partial charge in [0.2, 0.25) is 0 Å². The van der Waals surface area contributed by atoms with E-state index in [9.17, 15) is 28.4 Å². The van der Waals surface area contributed by atoms with E-state index in [1.807, 2.05) is 24.3 Å². The maximum absolute atomic E-state index is 14.3. The number of ether oxygens (including phenoxy) is 2. The summed E-state index contributed by atoms with van der Waals surface area (Å²) in [6, 6.07) is 9.69. The Balaban J connectivity index is 1.30. The van der Waals surface area contributed by atoms with Crippen LogP contribution in [-0.4, -0.2) is 86.9 Å². The first-order valence-corrected chi connectivity index (χ1v) is 14.4. The second kappa shape index (κ2) is 13.4. The highest BCUT2D eigenvalue weighted by Crippen LogP contribution is 2.36. The number of esters is 1. The molecular formula is C31H34F2N6O5. The summed E-state index contributed by atoms with van der Waals surface area (Å²) in [6.07, 6.45) is 2.16. The largest absolute Gasteiger partial charge is 0.466 e. The predicted octanol–water partition coefficient (Wildman–Crippen LogP) is 3.43. The van der Waals surface area contributed by atoms with E-state index in [0.717, 1.165) is 62.4 Å². The van der Waals surface area contributed by atoms with E-state index in [1.165, 1.54) is 13.2 Å². The van der Waals surface area contributed by atoms with Crippen LogP contribution in [0.3, 0.4) is 0 Å². The van der Waals surface area contributed by atoms with E-state index in [0.29, 0.717) is 18.4 Å². The summed E-state index contributed by atoms with van der Waals surface area (Å²) < 4.78 is 38.3. The van der Waals surface area contributed by atoms with Gasteiger partial charge in [-0.3, -0.25) is 4.90 Å². The molecule has 0 radical (unpaired) electrons. The number of hydrogen-bond acceptors (Lipinski definition) is 8. The first kappa shape index (κ1) is 30.9. The number of imide groups is 1. The maximum Gasteiger partial charge on any atom is 0.338 e. The van der Waals surface area contributed by atoms with Gasteiger partial charge in [0.1, 0.15) is 12.1 Å². The summed E-state index contributed by atoms with van der Waals surface area (Å²) in [6.45, 7) is 2.94. The number of methoxy groups -OCH3 is 2. The minimum Gasteiger partial charge on any atom is -0.466 e. The third-order valence-corrected chi connectivity index (χ3v) is 8.43. The summed E-state index contributed by atoms with van der Waals surface area (Å²) in [5.74, 6) is -3.17. The lowest BCUT2D eigenvalue weighted by Crippen LogP contribution is -2.56. The maximum atomic E-state index is 14.3. The van der Waals surface area contributed by atoms with Gasteiger partial charge in [-0.1, -0.05) is 18.2 Å². The van der Waals surface area contributed by atoms with Gasteiger partial charge < -0.3 is 25.0 Å². The Morgan fingerprint density at radius 3 is 2.50 bits per heavy atom. The number of nitrogens with zero attached hydrogens (tertiary/aromatic N) is 4. The number of carbonyl (C=O) groups is 3. The number of anilines is 1. The van der Waals surface area contributed by atoms with Crippen molar-refractivity contribution in [2.24, 2.45) is 0 Å². The van der Waals surface area contributed by atoms with Crippen molar-refractivity contribution in [3.63, 3.8) is 0 Å². The predicted molar refractivity (Wildman–Crippen MR) is 155 cm³/mol. The Kier molecular flexibility index (Phi) is 9.41. The quantitative estimate of drug-likeness (QED) is 0.458. The molecule has 1 saturated heterocycles. The highest BCUT2D eigenvalue weighted by molar-refractivity contribution is 6.01. The zero-order valence-electron chi connectivity index (χ0n) is 24.5. The number of benzene rings is 2. The number of urea groups is 2. The third kappa shape index (κ3) is 6.22. The standard InChI is InChI=1S/C31H34F2N6O5/c1-43-18-25-27(29(40)44-2)28(19-7-10-23(32)24(33)15-19)39(31(42)36-25)30(41)35-21-8-9-22(16-21)37-11-13-38(14-12-37)26-6-4-3-5-20(26)17-34/h3-7,10,15,21-22,28H,8-9,11-14,16,18H2,1-2H3,(H,35,41)(H,36,42)/t21-,22?,28?/m0/s1. The van der Waals surface area contributed by atoms with Crippen molar-refractivity contribution in [2.45, 2.75) is 37.4 Å². The molecule has 232 valence electrons. The lowest BCUT2D eigenvalue weighted by Gasteiger charge is -2.39. The molecule has 11 nitrogen and oxygen atoms in total. The van der Waals surface area contributed by atoms with Crippen LogP contribution < -0.4 is 15.5 Å². The lowest BCUT2D eigenvalue weighted by molar-refractivity contribution is -0.137. The zero-order valence-corrected chi connectivity index (χ0v) is 24.5. The van der Waals surface area contributed by atoms with E-state index >= 15 is 0 Å². The fourth-order valence-electron chi connectivity index (χ4n) is 6.32. The number of rotatable bonds is 7. The van der Waals surface area contributed by atoms with Crippen LogP contribution in [0.4, 0.5) is 24.1 Å². The van der Waals surface area contributed by atoms with Crippen LogP contribution >= 0.6 is 0 Å². The van der Waals surface area contributed by atoms with Gasteiger partial charge in [-0.2, -0.15) is 5.26 Å². The Morgan fingerprint density at radius 2 is 1.82 bits per heavy atom. The van der Waals surface area contributed by atoms with Crippen molar-refractivity contribution in [1.82, 2.24) is 20.4 Å². The third-order valence-electron chi connectivity index (χ3n) is 8.43. The summed E-state index contributed by atoms with van der Waals surface area (Å²) in [7, 11) is 2.50. The molecule has 0 bridgehead atoms. The molecule has 2 N–H and O–H groups in total. The smallest absolute Gasteiger partial charge is 0.338 e. The van der Waals surface area contributed by atoms with Gasteiger partial charge in [-0.25, -0.2) is 28.1 Å². The number of hydrogen-bond donors (Lipinski definition) is 2. The van der Waals surface area contributed by atoms with Gasteiger partial charge in [0.05, 0.1) is 36.2 Å². The topological polar surface area (TPSA) is 127 Å². The normalized spacial score (nSPS) is 22.4. The first-order chi connectivity index (χ1) is 21.2. The highest BCUT2D eigenvalue weighted by Gasteiger charge is 2.44. The molecule has 13 heteroatoms. The molecule has 0 aromatic heterocycles. The Morgan fingerprint density at radius 1 is 1.07 bits per heavy atom. The molecule has 44 heavy (non-hydrogen) atoms. The highest BCUT2D eigenvalue weighted by atomic mass is 19.2. The van der Waals surface area contributed by atoms with Gasteiger partial charge in [0, 0.05) is 45.4 Å². The number of nitriles is 1. The molecular weight excluding hydrogens is 574 g/mol. The van der Waals surface area contributed by atoms with E-state index in [1.54, 1.807) is 0 Å². The van der Waals surface area contributed by atoms with Gasteiger partial charge in [-0.15, -0.1) is 0 Å². The van der Waals surface area contributed by atoms with Crippen LogP contribution in [0, 0.1) is 23.0 Å². The minimum absolute atomic E-state index is 0.0167. The average molecular weight is 609 g/mol. The summed E-state index contributed by atoms with van der Waals surface area (Å²) >= 11 is 0. The monoisotopic (exact) mass is 608 g/mol. The van der Waals surface area contributed by atoms with Crippen LogP contribution in [0.2, 0.25) is 0 Å². The summed E-state index contributed by atoms with van der Waals surface area (Å²) in [5.41, 5.74) is 1.52. The second-order valence-corrected chi connectivity index (χ2v) is 11.0. The van der Waals surface area contributed by atoms with Crippen LogP contribution in [0.1, 0.15) is 36.4 Å². The van der Waals surface area contributed by atoms with Gasteiger partial charge in [0.15, 0.2) is 11.6 Å². The van der Waals surface area contributed by atoms with Crippen LogP contribution in [0.5, 0.6) is 0 Å². The second-order valence-electron chi connectivity index (χ2n) is 11.0. The van der Waals surface area contributed by atoms with Crippen LogP contribution in [0.15, 0.2) is 53.7 Å². The lowest BCUT2D eigenvalue weighted by atomic mass is 9.93. The Labute approximate surface area is 254 Å². The zero-order chi connectivity index (χ0) is 31.4. The fourth-order valence-corrected chi connectivity index (χ4v) is 6.32. The van der Waals surface area contributed by atoms with Crippen LogP contribution in [0.25, 0.3) is 0 Å². The molecule has 0 spiro atoms. The number of carbonyl (C=O) groups excluding carboxylic acids is 3. The van der Waals surface area contributed by atoms with Crippen molar-refractivity contribution in [2.75, 3.05) is 51.9 Å². The molecule has 1 aliphatic carbocycles. The summed E-state index contributed by atoms with van der Waals surface area (Å²) in [5, 5.41) is 14.9. The average Bonchev–Trinajstić information content (AvgIpc) is 3.50. The molecule has 2 unspecified atom stereocenters. The molecule has 3 atom stereocenters. The number of para-hydroxylation sites is 1. The molecule has 1 saturated carbocycles. The molecule has 2 aromatic carbocycles. The summed E-state index contributed by atoms with van der Waals surface area (Å²) in [4.78, 5) is 45.3. The fraction of sp³-hybridized carbons (Fsp3) is 0.419. The van der Waals surface area contributed by atoms with Crippen molar-refractivity contribution >= 4 is 23.7 Å². The van der Waals surface area contributed by atoms with Gasteiger partial charge >= 0.3 is 18.0 Å². The number of piperazine rings is 1. The van der Waals surface area contributed by atoms with Crippen LogP contribution in [-0.2, 0) is 14.3 Å². The number of amides is 4. The van der Waals surface area contributed by atoms with Crippen molar-refractivity contribution in [3.05, 3.63) is 76.5 Å². The molecule has 3 aliphatic rings. The molecule has 5 rings (SSSR count). The molecule has 2 aliphatic heterocycles. The van der Waals surface area contributed by atoms with Gasteiger partial charge in [0.25, 0.3) is 0 Å². The Bertz CT molecular complexity index is 1500. The molecule has 2 heterocycles. The molecule has 2 aromatic rings. The van der Waals surface area contributed by atoms with E-state index in [4.69, 9.17) is 9.47 Å². The van der Waals surface area contributed by atoms with Crippen molar-refractivity contribution < 1.29 is 32.6 Å². The van der Waals surface area contributed by atoms with Crippen molar-refractivity contribution in [1.29, 1.82) is 5.26 Å². The van der Waals surface area contributed by atoms with Crippen molar-refractivity contribution in [3.8, 4) is 6.07 Å². The molecule has 2 fully saturated rings. The van der Waals surface area contributed by atoms with Gasteiger partial charge in [-0.05, 0) is 49.1 Å². The SMILES string of the molecule is COCC1=C(C(=O)OC)C(c2ccc(F)c(F)c2)N(C(=O)N[C@H]2CCC(N3CCN(c4ccccc4C#N)CC3)C2)C(=O)N1. The van der Waals surface area contributed by atoms with E-state index < -0.39 is 35.7 Å². The van der Waals surface area contributed by atoms with E-state index in [2.05, 4.69) is 26.5 Å². The first-order valence-electron chi connectivity index (χ1n) is 14.4.